The molecule has 0 fully saturated rings. The van der Waals surface area contributed by atoms with Crippen molar-refractivity contribution in [3.8, 4) is 22.9 Å². The fraction of sp³-hybridized carbons (Fsp3) is 0.0833. The van der Waals surface area contributed by atoms with Gasteiger partial charge in [0, 0.05) is 57.4 Å². The Labute approximate surface area is 331 Å². The first-order chi connectivity index (χ1) is 27.8. The van der Waals surface area contributed by atoms with Gasteiger partial charge in [-0.1, -0.05) is 72.8 Å². The third-order valence-corrected chi connectivity index (χ3v) is 9.24. The number of aromatic nitrogens is 2. The average Bonchev–Trinajstić information content (AvgIpc) is 3.75. The molecule has 282 valence electrons. The van der Waals surface area contributed by atoms with Gasteiger partial charge in [-0.2, -0.15) is 0 Å². The summed E-state index contributed by atoms with van der Waals surface area (Å²) in [5, 5.41) is 8.78. The molecule has 0 radical (unpaired) electrons. The van der Waals surface area contributed by atoms with E-state index >= 15 is 0 Å². The average molecular weight is 753 g/mol. The molecule has 57 heavy (non-hydrogen) atoms. The molecule has 0 amide bonds. The molecular formula is C48H40N4O5. The van der Waals surface area contributed by atoms with Crippen LogP contribution >= 0.6 is 0 Å². The Balaban J connectivity index is 1.11. The Morgan fingerprint density at radius 3 is 1.07 bits per heavy atom. The van der Waals surface area contributed by atoms with Gasteiger partial charge in [-0.3, -0.25) is 0 Å². The van der Waals surface area contributed by atoms with Gasteiger partial charge >= 0.3 is 11.9 Å². The van der Waals surface area contributed by atoms with Crippen LogP contribution in [0.5, 0.6) is 0 Å². The molecule has 9 nitrogen and oxygen atoms in total. The minimum Gasteiger partial charge on any atom is -0.458 e. The first kappa shape index (κ1) is 37.8. The number of anilines is 6. The summed E-state index contributed by atoms with van der Waals surface area (Å²) in [7, 11) is 0. The maximum absolute atomic E-state index is 11.6. The van der Waals surface area contributed by atoms with Crippen LogP contribution < -0.4 is 9.80 Å². The van der Waals surface area contributed by atoms with Gasteiger partial charge in [0.15, 0.2) is 0 Å². The highest BCUT2D eigenvalue weighted by molar-refractivity contribution is 5.82. The van der Waals surface area contributed by atoms with Crippen LogP contribution in [0, 0.1) is 13.8 Å². The zero-order chi connectivity index (χ0) is 39.7. The van der Waals surface area contributed by atoms with E-state index in [1.54, 1.807) is 0 Å². The van der Waals surface area contributed by atoms with Gasteiger partial charge in [0.25, 0.3) is 0 Å². The number of nitrogens with zero attached hydrogens (tertiary/aromatic N) is 4. The van der Waals surface area contributed by atoms with E-state index in [0.717, 1.165) is 79.7 Å². The third-order valence-electron chi connectivity index (χ3n) is 9.24. The first-order valence-corrected chi connectivity index (χ1v) is 18.3. The number of esters is 2. The molecule has 0 aliphatic rings. The molecule has 0 aliphatic heterocycles. The molecule has 9 heteroatoms. The molecule has 6 aromatic carbocycles. The van der Waals surface area contributed by atoms with E-state index in [0.29, 0.717) is 11.8 Å². The minimum atomic E-state index is -0.459. The Hall–Kier alpha value is -7.52. The summed E-state index contributed by atoms with van der Waals surface area (Å²) in [4.78, 5) is 27.4. The lowest BCUT2D eigenvalue weighted by Crippen LogP contribution is -2.10. The summed E-state index contributed by atoms with van der Waals surface area (Å²) in [5.74, 6) is -0.111. The summed E-state index contributed by atoms with van der Waals surface area (Å²) in [6.07, 6.45) is 2.31. The number of aryl methyl sites for hydroxylation is 2. The Morgan fingerprint density at radius 2 is 0.772 bits per heavy atom. The summed E-state index contributed by atoms with van der Waals surface area (Å²) >= 11 is 0. The quantitative estimate of drug-likeness (QED) is 0.0794. The van der Waals surface area contributed by atoms with Crippen molar-refractivity contribution in [1.82, 2.24) is 10.2 Å². The highest BCUT2D eigenvalue weighted by Crippen LogP contribution is 2.38. The van der Waals surface area contributed by atoms with Gasteiger partial charge in [0.2, 0.25) is 11.8 Å². The van der Waals surface area contributed by atoms with Gasteiger partial charge in [0.1, 0.15) is 13.2 Å². The van der Waals surface area contributed by atoms with E-state index in [1.807, 2.05) is 97.1 Å². The second-order valence-corrected chi connectivity index (χ2v) is 13.3. The maximum Gasteiger partial charge on any atom is 0.330 e. The molecule has 0 aliphatic carbocycles. The standard InChI is InChI=1S/C48H40N4O5/c1-5-45(53)55-31-35-11-23-41(24-12-35)51(39-19-7-33(3)8-20-39)43-27-15-37(16-28-43)47-49-50-48(57-47)38-17-29-44(30-18-38)52(40-21-9-34(4)10-22-40)42-25-13-36(14-26-42)32-56-46(54)6-2/h5-30H,1-2,31-32H2,3-4H3. The van der Waals surface area contributed by atoms with E-state index in [2.05, 4.69) is 95.5 Å². The number of carbonyl (C=O) groups excluding carboxylic acids is 2. The van der Waals surface area contributed by atoms with Crippen LogP contribution in [0.2, 0.25) is 0 Å². The zero-order valence-corrected chi connectivity index (χ0v) is 31.7. The highest BCUT2D eigenvalue weighted by Gasteiger charge is 2.17. The molecule has 0 unspecified atom stereocenters. The van der Waals surface area contributed by atoms with Gasteiger partial charge in [-0.05, 0) is 122 Å². The van der Waals surface area contributed by atoms with Crippen molar-refractivity contribution in [3.05, 3.63) is 193 Å². The fourth-order valence-electron chi connectivity index (χ4n) is 6.15. The molecule has 7 rings (SSSR count). The maximum atomic E-state index is 11.6. The summed E-state index contributed by atoms with van der Waals surface area (Å²) in [5.41, 5.74) is 11.4. The van der Waals surface area contributed by atoms with Crippen LogP contribution in [0.4, 0.5) is 34.1 Å². The van der Waals surface area contributed by atoms with Crippen LogP contribution in [0.3, 0.4) is 0 Å². The topological polar surface area (TPSA) is 98.0 Å². The molecular weight excluding hydrogens is 713 g/mol. The third kappa shape index (κ3) is 9.07. The fourth-order valence-corrected chi connectivity index (χ4v) is 6.15. The SMILES string of the molecule is C=CC(=O)OCc1ccc(N(c2ccc(C)cc2)c2ccc(-c3nnc(-c4ccc(N(c5ccc(C)cc5)c5ccc(COC(=O)C=C)cc5)cc4)o3)cc2)cc1. The number of ether oxygens (including phenoxy) is 2. The van der Waals surface area contributed by atoms with E-state index in [9.17, 15) is 9.59 Å². The molecule has 1 heterocycles. The summed E-state index contributed by atoms with van der Waals surface area (Å²) in [6.45, 7) is 11.4. The van der Waals surface area contributed by atoms with E-state index in [-0.39, 0.29) is 13.2 Å². The molecule has 0 N–H and O–H groups in total. The number of hydrogen-bond acceptors (Lipinski definition) is 9. The van der Waals surface area contributed by atoms with Gasteiger partial charge in [-0.25, -0.2) is 9.59 Å². The number of rotatable bonds is 14. The van der Waals surface area contributed by atoms with Crippen molar-refractivity contribution in [2.75, 3.05) is 9.80 Å². The van der Waals surface area contributed by atoms with Crippen LogP contribution in [-0.4, -0.2) is 22.1 Å². The lowest BCUT2D eigenvalue weighted by atomic mass is 10.1. The molecule has 0 saturated heterocycles. The Bertz CT molecular complexity index is 2300. The second kappa shape index (κ2) is 17.3. The summed E-state index contributed by atoms with van der Waals surface area (Å²) in [6, 6.07) is 48.4. The van der Waals surface area contributed by atoms with Crippen LogP contribution in [0.25, 0.3) is 22.9 Å². The van der Waals surface area contributed by atoms with Crippen LogP contribution in [0.15, 0.2) is 175 Å². The van der Waals surface area contributed by atoms with Crippen molar-refractivity contribution in [3.63, 3.8) is 0 Å². The molecule has 1 aromatic heterocycles. The van der Waals surface area contributed by atoms with Crippen molar-refractivity contribution in [1.29, 1.82) is 0 Å². The van der Waals surface area contributed by atoms with Gasteiger partial charge in [0.05, 0.1) is 0 Å². The van der Waals surface area contributed by atoms with E-state index in [1.165, 1.54) is 0 Å². The van der Waals surface area contributed by atoms with Gasteiger partial charge in [-0.15, -0.1) is 10.2 Å². The monoisotopic (exact) mass is 752 g/mol. The van der Waals surface area contributed by atoms with Crippen LogP contribution in [0.1, 0.15) is 22.3 Å². The normalized spacial score (nSPS) is 10.7. The molecule has 0 atom stereocenters. The van der Waals surface area contributed by atoms with Crippen molar-refractivity contribution < 1.29 is 23.5 Å². The molecule has 0 saturated carbocycles. The van der Waals surface area contributed by atoms with Crippen molar-refractivity contribution >= 4 is 46.1 Å². The molecule has 7 aromatic rings. The predicted molar refractivity (Wildman–Crippen MR) is 224 cm³/mol. The van der Waals surface area contributed by atoms with E-state index in [4.69, 9.17) is 13.9 Å². The van der Waals surface area contributed by atoms with Crippen LogP contribution in [-0.2, 0) is 32.3 Å². The molecule has 0 spiro atoms. The van der Waals surface area contributed by atoms with Gasteiger partial charge < -0.3 is 23.7 Å². The minimum absolute atomic E-state index is 0.167. The lowest BCUT2D eigenvalue weighted by Gasteiger charge is -2.26. The first-order valence-electron chi connectivity index (χ1n) is 18.3. The Morgan fingerprint density at radius 1 is 0.491 bits per heavy atom. The summed E-state index contributed by atoms with van der Waals surface area (Å²) < 4.78 is 16.6. The van der Waals surface area contributed by atoms with E-state index < -0.39 is 11.9 Å². The predicted octanol–water partition coefficient (Wildman–Crippen LogP) is 11.4. The second-order valence-electron chi connectivity index (χ2n) is 13.3. The zero-order valence-electron chi connectivity index (χ0n) is 31.7. The van der Waals surface area contributed by atoms with Crippen molar-refractivity contribution in [2.45, 2.75) is 27.1 Å². The molecule has 0 bridgehead atoms. The lowest BCUT2D eigenvalue weighted by molar-refractivity contribution is -0.139. The smallest absolute Gasteiger partial charge is 0.330 e. The van der Waals surface area contributed by atoms with Crippen molar-refractivity contribution in [2.24, 2.45) is 0 Å². The largest absolute Gasteiger partial charge is 0.458 e. The number of benzene rings is 6. The highest BCUT2D eigenvalue weighted by atomic mass is 16.5. The number of carbonyl (C=O) groups is 2. The number of hydrogen-bond donors (Lipinski definition) is 0. The Kier molecular flexibility index (Phi) is 11.5.